The minimum absolute atomic E-state index is 0.0792. The Bertz CT molecular complexity index is 355. The molecule has 0 saturated carbocycles. The molecule has 2 heterocycles. The summed E-state index contributed by atoms with van der Waals surface area (Å²) in [4.78, 5) is 35.4. The minimum atomic E-state index is -0.636. The van der Waals surface area contributed by atoms with Crippen molar-refractivity contribution < 1.29 is 19.1 Å². The van der Waals surface area contributed by atoms with Crippen molar-refractivity contribution in [1.82, 2.24) is 10.0 Å². The van der Waals surface area contributed by atoms with Gasteiger partial charge in [0.15, 0.2) is 6.04 Å². The molecule has 2 fully saturated rings. The van der Waals surface area contributed by atoms with E-state index in [9.17, 15) is 14.4 Å². The molecule has 0 aromatic rings. The van der Waals surface area contributed by atoms with E-state index in [4.69, 9.17) is 4.74 Å². The molecule has 17 heavy (non-hydrogen) atoms. The molecule has 2 rings (SSSR count). The topological polar surface area (TPSA) is 66.9 Å². The number of hydrogen-bond donors (Lipinski definition) is 0. The van der Waals surface area contributed by atoms with Crippen LogP contribution in [-0.4, -0.2) is 47.5 Å². The van der Waals surface area contributed by atoms with Gasteiger partial charge in [-0.05, 0) is 19.3 Å². The lowest BCUT2D eigenvalue weighted by molar-refractivity contribution is -0.181. The highest BCUT2D eigenvalue weighted by Crippen LogP contribution is 2.24. The number of carbonyl (C=O) groups excluding carboxylic acids is 3. The molecule has 2 saturated heterocycles. The van der Waals surface area contributed by atoms with Crippen LogP contribution >= 0.6 is 0 Å². The number of amides is 2. The zero-order valence-corrected chi connectivity index (χ0v) is 9.85. The van der Waals surface area contributed by atoms with Crippen LogP contribution in [0.1, 0.15) is 32.1 Å². The van der Waals surface area contributed by atoms with Gasteiger partial charge < -0.3 is 4.74 Å². The molecule has 0 aliphatic carbocycles. The summed E-state index contributed by atoms with van der Waals surface area (Å²) in [6.45, 7) is 0.512. The van der Waals surface area contributed by atoms with Crippen LogP contribution in [0.15, 0.2) is 0 Å². The third-order valence-corrected chi connectivity index (χ3v) is 3.20. The van der Waals surface area contributed by atoms with Crippen molar-refractivity contribution >= 4 is 17.8 Å². The summed E-state index contributed by atoms with van der Waals surface area (Å²) in [5, 5.41) is 2.73. The Hall–Kier alpha value is -1.59. The van der Waals surface area contributed by atoms with Gasteiger partial charge in [0.2, 0.25) is 11.8 Å². The molecule has 0 spiro atoms. The third kappa shape index (κ3) is 2.11. The maximum atomic E-state index is 11.9. The molecule has 6 heteroatoms. The van der Waals surface area contributed by atoms with E-state index < -0.39 is 12.0 Å². The molecule has 2 aliphatic rings. The second-order valence-corrected chi connectivity index (χ2v) is 4.29. The Morgan fingerprint density at radius 2 is 1.94 bits per heavy atom. The van der Waals surface area contributed by atoms with Gasteiger partial charge >= 0.3 is 5.97 Å². The molecule has 0 N–H and O–H groups in total. The summed E-state index contributed by atoms with van der Waals surface area (Å²) in [7, 11) is 1.30. The monoisotopic (exact) mass is 240 g/mol. The highest BCUT2D eigenvalue weighted by atomic mass is 16.5. The Morgan fingerprint density at radius 3 is 2.65 bits per heavy atom. The van der Waals surface area contributed by atoms with Gasteiger partial charge in [0, 0.05) is 19.4 Å². The van der Waals surface area contributed by atoms with Crippen molar-refractivity contribution in [2.75, 3.05) is 13.7 Å². The number of rotatable bonds is 1. The largest absolute Gasteiger partial charge is 0.467 e. The van der Waals surface area contributed by atoms with E-state index in [1.807, 2.05) is 0 Å². The Balaban J connectivity index is 2.27. The van der Waals surface area contributed by atoms with E-state index in [0.29, 0.717) is 32.2 Å². The smallest absolute Gasteiger partial charge is 0.330 e. The molecule has 94 valence electrons. The maximum Gasteiger partial charge on any atom is 0.330 e. The second kappa shape index (κ2) is 4.73. The normalized spacial score (nSPS) is 25.4. The van der Waals surface area contributed by atoms with E-state index in [2.05, 4.69) is 0 Å². The van der Waals surface area contributed by atoms with Crippen molar-refractivity contribution in [1.29, 1.82) is 0 Å². The number of hydrogen-bond acceptors (Lipinski definition) is 4. The van der Waals surface area contributed by atoms with Crippen molar-refractivity contribution in [3.05, 3.63) is 0 Å². The SMILES string of the molecule is COC(=O)C1CCCN2C(=O)CCCC(=O)N12. The summed E-state index contributed by atoms with van der Waals surface area (Å²) in [5.41, 5.74) is 0. The number of ether oxygens (including phenoxy) is 1. The van der Waals surface area contributed by atoms with E-state index in [1.165, 1.54) is 17.1 Å². The summed E-state index contributed by atoms with van der Waals surface area (Å²) in [5.74, 6) is -0.687. The summed E-state index contributed by atoms with van der Waals surface area (Å²) in [6.07, 6.45) is 2.52. The molecule has 1 atom stereocenters. The van der Waals surface area contributed by atoms with E-state index >= 15 is 0 Å². The van der Waals surface area contributed by atoms with Crippen LogP contribution < -0.4 is 0 Å². The van der Waals surface area contributed by atoms with Crippen LogP contribution in [0.2, 0.25) is 0 Å². The van der Waals surface area contributed by atoms with E-state index in [1.54, 1.807) is 0 Å². The summed E-state index contributed by atoms with van der Waals surface area (Å²) >= 11 is 0. The second-order valence-electron chi connectivity index (χ2n) is 4.29. The van der Waals surface area contributed by atoms with Crippen LogP contribution in [0.3, 0.4) is 0 Å². The van der Waals surface area contributed by atoms with Gasteiger partial charge in [0.25, 0.3) is 0 Å². The third-order valence-electron chi connectivity index (χ3n) is 3.20. The van der Waals surface area contributed by atoms with Gasteiger partial charge in [-0.2, -0.15) is 0 Å². The molecular weight excluding hydrogens is 224 g/mol. The predicted molar refractivity (Wildman–Crippen MR) is 57.4 cm³/mol. The molecule has 0 bridgehead atoms. The highest BCUT2D eigenvalue weighted by molar-refractivity contribution is 5.89. The zero-order chi connectivity index (χ0) is 12.4. The molecular formula is C11H16N2O4. The van der Waals surface area contributed by atoms with Gasteiger partial charge in [0.1, 0.15) is 0 Å². The Kier molecular flexibility index (Phi) is 3.31. The number of esters is 1. The predicted octanol–water partition coefficient (Wildman–Crippen LogP) is 0.0779. The summed E-state index contributed by atoms with van der Waals surface area (Å²) < 4.78 is 4.69. The lowest BCUT2D eigenvalue weighted by Gasteiger charge is -2.41. The average molecular weight is 240 g/mol. The molecule has 1 unspecified atom stereocenters. The number of hydrazine groups is 1. The van der Waals surface area contributed by atoms with Gasteiger partial charge in [-0.15, -0.1) is 0 Å². The molecule has 2 aliphatic heterocycles. The number of fused-ring (bicyclic) bond motifs is 1. The maximum absolute atomic E-state index is 11.9. The minimum Gasteiger partial charge on any atom is -0.467 e. The van der Waals surface area contributed by atoms with Crippen LogP contribution in [-0.2, 0) is 19.1 Å². The average Bonchev–Trinajstić information content (AvgIpc) is 2.49. The standard InChI is InChI=1S/C11H16N2O4/c1-17-11(16)8-4-3-7-12-9(14)5-2-6-10(15)13(8)12/h8H,2-7H2,1H3. The fraction of sp³-hybridized carbons (Fsp3) is 0.727. The van der Waals surface area contributed by atoms with Crippen molar-refractivity contribution in [3.63, 3.8) is 0 Å². The number of carbonyl (C=O) groups is 3. The first-order chi connectivity index (χ1) is 8.15. The first-order valence-electron chi connectivity index (χ1n) is 5.85. The first-order valence-corrected chi connectivity index (χ1v) is 5.85. The molecule has 2 amide bonds. The van der Waals surface area contributed by atoms with Crippen LogP contribution in [0.5, 0.6) is 0 Å². The first kappa shape index (κ1) is 11.9. The van der Waals surface area contributed by atoms with Crippen molar-refractivity contribution in [2.24, 2.45) is 0 Å². The lowest BCUT2D eigenvalue weighted by Crippen LogP contribution is -2.59. The molecule has 6 nitrogen and oxygen atoms in total. The Morgan fingerprint density at radius 1 is 1.24 bits per heavy atom. The van der Waals surface area contributed by atoms with Gasteiger partial charge in [0.05, 0.1) is 7.11 Å². The highest BCUT2D eigenvalue weighted by Gasteiger charge is 2.41. The van der Waals surface area contributed by atoms with E-state index in [0.717, 1.165) is 6.42 Å². The molecule has 0 aromatic heterocycles. The molecule has 0 radical (unpaired) electrons. The quantitative estimate of drug-likeness (QED) is 0.609. The van der Waals surface area contributed by atoms with Gasteiger partial charge in [-0.25, -0.2) is 9.80 Å². The summed E-state index contributed by atoms with van der Waals surface area (Å²) in [6, 6.07) is -0.636. The lowest BCUT2D eigenvalue weighted by atomic mass is 10.1. The number of nitrogens with zero attached hydrogens (tertiary/aromatic N) is 2. The van der Waals surface area contributed by atoms with Crippen LogP contribution in [0.4, 0.5) is 0 Å². The van der Waals surface area contributed by atoms with Crippen LogP contribution in [0, 0.1) is 0 Å². The van der Waals surface area contributed by atoms with E-state index in [-0.39, 0.29) is 11.8 Å². The van der Waals surface area contributed by atoms with Crippen molar-refractivity contribution in [2.45, 2.75) is 38.1 Å². The van der Waals surface area contributed by atoms with Gasteiger partial charge in [-0.3, -0.25) is 14.6 Å². The van der Waals surface area contributed by atoms with Gasteiger partial charge in [-0.1, -0.05) is 0 Å². The fourth-order valence-electron chi connectivity index (χ4n) is 2.37. The fourth-order valence-corrected chi connectivity index (χ4v) is 2.37. The van der Waals surface area contributed by atoms with Crippen LogP contribution in [0.25, 0.3) is 0 Å². The Labute approximate surface area is 99.5 Å². The molecule has 0 aromatic carbocycles. The van der Waals surface area contributed by atoms with Crippen molar-refractivity contribution in [3.8, 4) is 0 Å². The number of methoxy groups -OCH3 is 1. The zero-order valence-electron chi connectivity index (χ0n) is 9.85.